The van der Waals surface area contributed by atoms with Crippen molar-refractivity contribution >= 4 is 11.0 Å². The van der Waals surface area contributed by atoms with E-state index in [0.717, 1.165) is 33.7 Å². The number of methoxy groups -OCH3 is 1. The monoisotopic (exact) mass is 388 g/mol. The van der Waals surface area contributed by atoms with Crippen LogP contribution in [0.25, 0.3) is 11.0 Å². The minimum absolute atomic E-state index is 0.166. The number of nitrogens with zero attached hydrogens (tertiary/aromatic N) is 2. The van der Waals surface area contributed by atoms with Crippen LogP contribution in [0.3, 0.4) is 0 Å². The Morgan fingerprint density at radius 1 is 0.931 bits per heavy atom. The average molecular weight is 388 g/mol. The third-order valence-electron chi connectivity index (χ3n) is 4.79. The summed E-state index contributed by atoms with van der Waals surface area (Å²) in [6, 6.07) is 25.7. The van der Waals surface area contributed by atoms with E-state index < -0.39 is 6.10 Å². The van der Waals surface area contributed by atoms with Gasteiger partial charge in [0.2, 0.25) is 0 Å². The second-order valence-electron chi connectivity index (χ2n) is 6.98. The van der Waals surface area contributed by atoms with Crippen LogP contribution < -0.4 is 9.57 Å². The van der Waals surface area contributed by atoms with Crippen molar-refractivity contribution in [2.24, 2.45) is 0 Å². The van der Waals surface area contributed by atoms with Crippen molar-refractivity contribution in [3.63, 3.8) is 0 Å². The lowest BCUT2D eigenvalue weighted by molar-refractivity contribution is 0.0286. The van der Waals surface area contributed by atoms with Crippen LogP contribution in [0.5, 0.6) is 5.75 Å². The van der Waals surface area contributed by atoms with Gasteiger partial charge >= 0.3 is 0 Å². The maximum absolute atomic E-state index is 10.5. The minimum Gasteiger partial charge on any atom is -0.497 e. The molecule has 0 aliphatic carbocycles. The van der Waals surface area contributed by atoms with Gasteiger partial charge in [0.05, 0.1) is 18.7 Å². The van der Waals surface area contributed by atoms with Gasteiger partial charge < -0.3 is 14.7 Å². The van der Waals surface area contributed by atoms with E-state index in [0.29, 0.717) is 12.8 Å². The van der Waals surface area contributed by atoms with Gasteiger partial charge in [-0.15, -0.1) is 0 Å². The molecular weight excluding hydrogens is 364 g/mol. The highest BCUT2D eigenvalue weighted by Gasteiger charge is 2.14. The molecule has 1 N–H and O–H groups in total. The molecule has 0 saturated heterocycles. The first-order valence-electron chi connectivity index (χ1n) is 9.67. The fourth-order valence-corrected chi connectivity index (χ4v) is 3.38. The molecule has 0 amide bonds. The van der Waals surface area contributed by atoms with E-state index >= 15 is 0 Å². The fraction of sp³-hybridized carbons (Fsp3) is 0.208. The maximum Gasteiger partial charge on any atom is 0.150 e. The van der Waals surface area contributed by atoms with E-state index in [9.17, 15) is 5.11 Å². The number of hydrogen-bond donors (Lipinski definition) is 1. The Balaban J connectivity index is 1.51. The van der Waals surface area contributed by atoms with Crippen LogP contribution in [0.4, 0.5) is 0 Å². The molecule has 0 radical (unpaired) electrons. The van der Waals surface area contributed by atoms with Gasteiger partial charge in [-0.05, 0) is 35.4 Å². The maximum atomic E-state index is 10.5. The van der Waals surface area contributed by atoms with E-state index in [-0.39, 0.29) is 6.61 Å². The normalized spacial score (nSPS) is 12.1. The second kappa shape index (κ2) is 8.80. The molecule has 4 rings (SSSR count). The summed E-state index contributed by atoms with van der Waals surface area (Å²) < 4.78 is 7.00. The molecule has 4 aromatic rings. The van der Waals surface area contributed by atoms with E-state index in [2.05, 4.69) is 12.1 Å². The highest BCUT2D eigenvalue weighted by molar-refractivity contribution is 5.75. The molecule has 0 fully saturated rings. The van der Waals surface area contributed by atoms with Crippen LogP contribution in [-0.2, 0) is 12.8 Å². The lowest BCUT2D eigenvalue weighted by Gasteiger charge is -2.15. The van der Waals surface area contributed by atoms with Crippen LogP contribution in [-0.4, -0.2) is 34.6 Å². The van der Waals surface area contributed by atoms with Crippen molar-refractivity contribution in [3.8, 4) is 5.75 Å². The van der Waals surface area contributed by atoms with Crippen LogP contribution in [0.1, 0.15) is 17.0 Å². The molecule has 0 spiro atoms. The summed E-state index contributed by atoms with van der Waals surface area (Å²) in [5.41, 5.74) is 3.93. The van der Waals surface area contributed by atoms with Crippen LogP contribution >= 0.6 is 0 Å². The number of benzene rings is 3. The van der Waals surface area contributed by atoms with Crippen molar-refractivity contribution in [1.29, 1.82) is 0 Å². The van der Waals surface area contributed by atoms with E-state index in [1.165, 1.54) is 0 Å². The standard InChI is InChI=1S/C24H24N2O3/c1-28-21-11-7-10-19(15-21)14-20(27)17-29-26-23-13-6-5-12-22(23)25-24(26)16-18-8-3-2-4-9-18/h2-13,15,20,27H,14,16-17H2,1H3. The lowest BCUT2D eigenvalue weighted by Crippen LogP contribution is -2.26. The quantitative estimate of drug-likeness (QED) is 0.500. The number of para-hydroxylation sites is 2. The molecular formula is C24H24N2O3. The molecule has 1 unspecified atom stereocenters. The molecule has 1 aromatic heterocycles. The largest absolute Gasteiger partial charge is 0.497 e. The molecule has 5 heteroatoms. The molecule has 1 atom stereocenters. The summed E-state index contributed by atoms with van der Waals surface area (Å²) in [5, 5.41) is 10.5. The number of hydrogen-bond acceptors (Lipinski definition) is 4. The Hall–Kier alpha value is -3.31. The first-order valence-corrected chi connectivity index (χ1v) is 9.67. The molecule has 1 heterocycles. The highest BCUT2D eigenvalue weighted by atomic mass is 16.7. The Bertz CT molecular complexity index is 1080. The molecule has 0 bridgehead atoms. The number of ether oxygens (including phenoxy) is 1. The zero-order chi connectivity index (χ0) is 20.1. The van der Waals surface area contributed by atoms with Crippen molar-refractivity contribution in [2.75, 3.05) is 13.7 Å². The first kappa shape index (κ1) is 19.0. The lowest BCUT2D eigenvalue weighted by atomic mass is 10.1. The fourth-order valence-electron chi connectivity index (χ4n) is 3.38. The molecule has 3 aromatic carbocycles. The number of aliphatic hydroxyl groups is 1. The third kappa shape index (κ3) is 4.58. The topological polar surface area (TPSA) is 56.5 Å². The van der Waals surface area contributed by atoms with Crippen LogP contribution in [0.15, 0.2) is 78.9 Å². The molecule has 5 nitrogen and oxygen atoms in total. The van der Waals surface area contributed by atoms with Gasteiger partial charge in [-0.2, -0.15) is 4.73 Å². The van der Waals surface area contributed by atoms with Gasteiger partial charge in [-0.3, -0.25) is 0 Å². The number of aliphatic hydroxyl groups excluding tert-OH is 1. The predicted molar refractivity (Wildman–Crippen MR) is 113 cm³/mol. The molecule has 148 valence electrons. The van der Waals surface area contributed by atoms with Crippen LogP contribution in [0.2, 0.25) is 0 Å². The minimum atomic E-state index is -0.646. The van der Waals surface area contributed by atoms with Crippen LogP contribution in [0, 0.1) is 0 Å². The summed E-state index contributed by atoms with van der Waals surface area (Å²) in [7, 11) is 1.64. The van der Waals surface area contributed by atoms with E-state index in [1.807, 2.05) is 66.7 Å². The van der Waals surface area contributed by atoms with Gasteiger partial charge in [0.1, 0.15) is 17.9 Å². The van der Waals surface area contributed by atoms with Gasteiger partial charge in [0, 0.05) is 12.8 Å². The Labute approximate surface area is 170 Å². The number of rotatable bonds is 8. The summed E-state index contributed by atoms with van der Waals surface area (Å²) in [6.45, 7) is 0.166. The molecule has 0 aliphatic rings. The first-order chi connectivity index (χ1) is 14.2. The number of aromatic nitrogens is 2. The SMILES string of the molecule is COc1cccc(CC(O)COn2c(Cc3ccccc3)nc3ccccc32)c1. The summed E-state index contributed by atoms with van der Waals surface area (Å²) in [4.78, 5) is 10.8. The molecule has 0 aliphatic heterocycles. The van der Waals surface area contributed by atoms with E-state index in [1.54, 1.807) is 11.8 Å². The summed E-state index contributed by atoms with van der Waals surface area (Å²) >= 11 is 0. The average Bonchev–Trinajstić information content (AvgIpc) is 3.10. The Kier molecular flexibility index (Phi) is 5.77. The number of imidazole rings is 1. The van der Waals surface area contributed by atoms with Crippen molar-refractivity contribution in [2.45, 2.75) is 18.9 Å². The number of fused-ring (bicyclic) bond motifs is 1. The zero-order valence-corrected chi connectivity index (χ0v) is 16.4. The Morgan fingerprint density at radius 3 is 2.52 bits per heavy atom. The highest BCUT2D eigenvalue weighted by Crippen LogP contribution is 2.18. The van der Waals surface area contributed by atoms with Gasteiger partial charge in [0.15, 0.2) is 5.82 Å². The molecule has 29 heavy (non-hydrogen) atoms. The Morgan fingerprint density at radius 2 is 1.69 bits per heavy atom. The molecule has 0 saturated carbocycles. The van der Waals surface area contributed by atoms with Crippen molar-refractivity contribution in [1.82, 2.24) is 9.71 Å². The summed E-state index contributed by atoms with van der Waals surface area (Å²) in [5.74, 6) is 1.59. The smallest absolute Gasteiger partial charge is 0.150 e. The van der Waals surface area contributed by atoms with Crippen molar-refractivity contribution in [3.05, 3.63) is 95.8 Å². The zero-order valence-electron chi connectivity index (χ0n) is 16.4. The predicted octanol–water partition coefficient (Wildman–Crippen LogP) is 3.67. The van der Waals surface area contributed by atoms with E-state index in [4.69, 9.17) is 14.6 Å². The van der Waals surface area contributed by atoms with Gasteiger partial charge in [0.25, 0.3) is 0 Å². The summed E-state index contributed by atoms with van der Waals surface area (Å²) in [6.07, 6.45) is 0.493. The van der Waals surface area contributed by atoms with Gasteiger partial charge in [-0.1, -0.05) is 54.6 Å². The van der Waals surface area contributed by atoms with Crippen molar-refractivity contribution < 1.29 is 14.7 Å². The van der Waals surface area contributed by atoms with Gasteiger partial charge in [-0.25, -0.2) is 4.98 Å². The third-order valence-corrected chi connectivity index (χ3v) is 4.79. The second-order valence-corrected chi connectivity index (χ2v) is 6.98.